The highest BCUT2D eigenvalue weighted by Crippen LogP contribution is 2.23. The predicted octanol–water partition coefficient (Wildman–Crippen LogP) is 1.40. The average Bonchev–Trinajstić information content (AvgIpc) is 2.43. The Morgan fingerprint density at radius 3 is 2.19 bits per heavy atom. The summed E-state index contributed by atoms with van der Waals surface area (Å²) in [5.41, 5.74) is -0.150. The molecule has 0 heterocycles. The van der Waals surface area contributed by atoms with E-state index in [1.54, 1.807) is 38.1 Å². The van der Waals surface area contributed by atoms with Crippen molar-refractivity contribution in [3.63, 3.8) is 0 Å². The van der Waals surface area contributed by atoms with Crippen LogP contribution in [0.1, 0.15) is 32.3 Å². The predicted molar refractivity (Wildman–Crippen MR) is 75.9 cm³/mol. The van der Waals surface area contributed by atoms with Gasteiger partial charge >= 0.3 is 11.9 Å². The molecule has 3 N–H and O–H groups in total. The van der Waals surface area contributed by atoms with Crippen molar-refractivity contribution in [1.82, 2.24) is 5.32 Å². The number of amides is 1. The summed E-state index contributed by atoms with van der Waals surface area (Å²) in [6, 6.07) is 7.77. The minimum atomic E-state index is -1.24. The monoisotopic (exact) mass is 293 g/mol. The van der Waals surface area contributed by atoms with Crippen LogP contribution in [0.4, 0.5) is 0 Å². The number of nitrogens with one attached hydrogen (secondary N) is 1. The van der Waals surface area contributed by atoms with Crippen molar-refractivity contribution in [3.8, 4) is 0 Å². The zero-order valence-corrected chi connectivity index (χ0v) is 12.0. The molecule has 0 radical (unpaired) electrons. The molecule has 0 saturated heterocycles. The van der Waals surface area contributed by atoms with Gasteiger partial charge in [0, 0.05) is 6.42 Å². The molecule has 114 valence electrons. The summed E-state index contributed by atoms with van der Waals surface area (Å²) in [5, 5.41) is 20.1. The molecule has 1 rings (SSSR count). The van der Waals surface area contributed by atoms with Gasteiger partial charge in [-0.05, 0) is 25.8 Å². The second-order valence-corrected chi connectivity index (χ2v) is 5.29. The molecule has 0 aliphatic heterocycles. The highest BCUT2D eigenvalue weighted by Gasteiger charge is 2.32. The Labute approximate surface area is 122 Å². The van der Waals surface area contributed by atoms with E-state index in [1.807, 2.05) is 6.07 Å². The second-order valence-electron chi connectivity index (χ2n) is 5.29. The standard InChI is InChI=1S/C15H19NO5/c1-15(2,10-6-4-3-5-7-10)14(21)16-11(13(19)20)8-9-12(17)18/h3-7,11H,8-9H2,1-2H3,(H,16,21)(H,17,18)(H,19,20)/t11-/m0/s1. The number of carboxylic acid groups (broad SMARTS) is 2. The summed E-state index contributed by atoms with van der Waals surface area (Å²) in [6.45, 7) is 3.38. The minimum absolute atomic E-state index is 0.152. The first-order chi connectivity index (χ1) is 9.75. The maximum absolute atomic E-state index is 12.3. The molecule has 0 aliphatic carbocycles. The number of rotatable bonds is 7. The van der Waals surface area contributed by atoms with E-state index in [1.165, 1.54) is 0 Å². The molecule has 0 aliphatic rings. The molecule has 0 aromatic heterocycles. The summed E-state index contributed by atoms with van der Waals surface area (Å²) < 4.78 is 0. The number of benzene rings is 1. The molecule has 6 nitrogen and oxygen atoms in total. The molecule has 0 unspecified atom stereocenters. The summed E-state index contributed by atoms with van der Waals surface area (Å²) in [4.78, 5) is 33.9. The van der Waals surface area contributed by atoms with Crippen LogP contribution in [0.15, 0.2) is 30.3 Å². The SMILES string of the molecule is CC(C)(C(=O)N[C@@H](CCC(=O)O)C(=O)O)c1ccccc1. The first-order valence-corrected chi connectivity index (χ1v) is 6.56. The van der Waals surface area contributed by atoms with Crippen molar-refractivity contribution in [2.75, 3.05) is 0 Å². The lowest BCUT2D eigenvalue weighted by molar-refractivity contribution is -0.143. The molecule has 0 spiro atoms. The number of hydrogen-bond donors (Lipinski definition) is 3. The molecule has 0 saturated carbocycles. The third kappa shape index (κ3) is 4.59. The quantitative estimate of drug-likeness (QED) is 0.705. The molecule has 21 heavy (non-hydrogen) atoms. The Hall–Kier alpha value is -2.37. The van der Waals surface area contributed by atoms with Crippen LogP contribution in [0.5, 0.6) is 0 Å². The largest absolute Gasteiger partial charge is 0.481 e. The maximum atomic E-state index is 12.3. The van der Waals surface area contributed by atoms with Gasteiger partial charge in [0.15, 0.2) is 0 Å². The summed E-state index contributed by atoms with van der Waals surface area (Å²) in [5.74, 6) is -2.79. The molecule has 6 heteroatoms. The van der Waals surface area contributed by atoms with Crippen LogP contribution in [-0.4, -0.2) is 34.1 Å². The van der Waals surface area contributed by atoms with Gasteiger partial charge in [-0.1, -0.05) is 30.3 Å². The summed E-state index contributed by atoms with van der Waals surface area (Å²) in [7, 11) is 0. The van der Waals surface area contributed by atoms with Gasteiger partial charge in [-0.2, -0.15) is 0 Å². The first kappa shape index (κ1) is 16.7. The van der Waals surface area contributed by atoms with Gasteiger partial charge < -0.3 is 15.5 Å². The van der Waals surface area contributed by atoms with Crippen molar-refractivity contribution < 1.29 is 24.6 Å². The van der Waals surface area contributed by atoms with Crippen molar-refractivity contribution in [2.45, 2.75) is 38.1 Å². The normalized spacial score (nSPS) is 12.5. The lowest BCUT2D eigenvalue weighted by atomic mass is 9.83. The molecule has 1 aromatic carbocycles. The van der Waals surface area contributed by atoms with Crippen molar-refractivity contribution >= 4 is 17.8 Å². The lowest BCUT2D eigenvalue weighted by Gasteiger charge is -2.26. The van der Waals surface area contributed by atoms with Crippen LogP contribution >= 0.6 is 0 Å². The number of carbonyl (C=O) groups excluding carboxylic acids is 1. The van der Waals surface area contributed by atoms with Gasteiger partial charge in [-0.15, -0.1) is 0 Å². The van der Waals surface area contributed by atoms with Gasteiger partial charge in [-0.25, -0.2) is 4.79 Å². The number of carbonyl (C=O) groups is 3. The first-order valence-electron chi connectivity index (χ1n) is 6.56. The summed E-state index contributed by atoms with van der Waals surface area (Å²) >= 11 is 0. The Kier molecular flexibility index (Phi) is 5.46. The third-order valence-corrected chi connectivity index (χ3v) is 3.31. The Bertz CT molecular complexity index is 524. The van der Waals surface area contributed by atoms with E-state index in [0.29, 0.717) is 0 Å². The van der Waals surface area contributed by atoms with Crippen LogP contribution in [0.2, 0.25) is 0 Å². The van der Waals surface area contributed by atoms with E-state index < -0.39 is 29.3 Å². The Balaban J connectivity index is 2.81. The number of carboxylic acids is 2. The second kappa shape index (κ2) is 6.88. The lowest BCUT2D eigenvalue weighted by Crippen LogP contribution is -2.48. The fourth-order valence-corrected chi connectivity index (χ4v) is 1.85. The van der Waals surface area contributed by atoms with E-state index in [9.17, 15) is 14.4 Å². The van der Waals surface area contributed by atoms with E-state index in [0.717, 1.165) is 5.56 Å². The van der Waals surface area contributed by atoms with Gasteiger partial charge in [0.1, 0.15) is 6.04 Å². The zero-order valence-electron chi connectivity index (χ0n) is 12.0. The third-order valence-electron chi connectivity index (χ3n) is 3.31. The molecule has 0 fully saturated rings. The zero-order chi connectivity index (χ0) is 16.0. The van der Waals surface area contributed by atoms with E-state index in [2.05, 4.69) is 5.32 Å². The van der Waals surface area contributed by atoms with E-state index in [-0.39, 0.29) is 12.8 Å². The Morgan fingerprint density at radius 1 is 1.14 bits per heavy atom. The molecule has 1 amide bonds. The maximum Gasteiger partial charge on any atom is 0.326 e. The highest BCUT2D eigenvalue weighted by atomic mass is 16.4. The van der Waals surface area contributed by atoms with Crippen molar-refractivity contribution in [2.24, 2.45) is 0 Å². The fourth-order valence-electron chi connectivity index (χ4n) is 1.85. The van der Waals surface area contributed by atoms with Crippen LogP contribution in [0, 0.1) is 0 Å². The van der Waals surface area contributed by atoms with E-state index >= 15 is 0 Å². The highest BCUT2D eigenvalue weighted by molar-refractivity contribution is 5.91. The van der Waals surface area contributed by atoms with Crippen molar-refractivity contribution in [3.05, 3.63) is 35.9 Å². The van der Waals surface area contributed by atoms with Crippen molar-refractivity contribution in [1.29, 1.82) is 0 Å². The minimum Gasteiger partial charge on any atom is -0.481 e. The molecular weight excluding hydrogens is 274 g/mol. The van der Waals surface area contributed by atoms with Gasteiger partial charge in [-0.3, -0.25) is 9.59 Å². The smallest absolute Gasteiger partial charge is 0.326 e. The molecule has 0 bridgehead atoms. The molecule has 1 aromatic rings. The fraction of sp³-hybridized carbons (Fsp3) is 0.400. The van der Waals surface area contributed by atoms with E-state index in [4.69, 9.17) is 10.2 Å². The topological polar surface area (TPSA) is 104 Å². The number of hydrogen-bond acceptors (Lipinski definition) is 3. The van der Waals surface area contributed by atoms with Crippen LogP contribution in [-0.2, 0) is 19.8 Å². The number of aliphatic carboxylic acids is 2. The molecule has 1 atom stereocenters. The van der Waals surface area contributed by atoms with Gasteiger partial charge in [0.2, 0.25) is 5.91 Å². The van der Waals surface area contributed by atoms with Crippen LogP contribution < -0.4 is 5.32 Å². The summed E-state index contributed by atoms with van der Waals surface area (Å²) in [6.07, 6.45) is -0.468. The van der Waals surface area contributed by atoms with Gasteiger partial charge in [0.05, 0.1) is 5.41 Å². The van der Waals surface area contributed by atoms with Crippen LogP contribution in [0.3, 0.4) is 0 Å². The average molecular weight is 293 g/mol. The Morgan fingerprint density at radius 2 is 1.71 bits per heavy atom. The van der Waals surface area contributed by atoms with Gasteiger partial charge in [0.25, 0.3) is 0 Å². The molecular formula is C15H19NO5. The van der Waals surface area contributed by atoms with Crippen LogP contribution in [0.25, 0.3) is 0 Å².